The molecular weight excluding hydrogens is 235 g/mol. The standard InChI is InChI=1S/C13H21FN2O2/c1-10(2)15-8-11-7-12(14)9-16-13(11)18-6-4-5-17-3/h7,9-10,15H,4-6,8H2,1-3H3. The van der Waals surface area contributed by atoms with Gasteiger partial charge in [-0.2, -0.15) is 0 Å². The molecule has 0 bridgehead atoms. The summed E-state index contributed by atoms with van der Waals surface area (Å²) in [6.45, 7) is 5.77. The molecule has 0 fully saturated rings. The summed E-state index contributed by atoms with van der Waals surface area (Å²) in [6, 6.07) is 1.78. The van der Waals surface area contributed by atoms with E-state index in [1.165, 1.54) is 12.3 Å². The zero-order chi connectivity index (χ0) is 13.4. The Kier molecular flexibility index (Phi) is 6.60. The van der Waals surface area contributed by atoms with Crippen LogP contribution in [0.5, 0.6) is 5.88 Å². The van der Waals surface area contributed by atoms with E-state index in [9.17, 15) is 4.39 Å². The summed E-state index contributed by atoms with van der Waals surface area (Å²) in [7, 11) is 1.65. The van der Waals surface area contributed by atoms with Crippen LogP contribution in [0.15, 0.2) is 12.3 Å². The zero-order valence-electron chi connectivity index (χ0n) is 11.2. The summed E-state index contributed by atoms with van der Waals surface area (Å²) >= 11 is 0. The fourth-order valence-corrected chi connectivity index (χ4v) is 1.41. The number of rotatable bonds is 8. The number of halogens is 1. The molecule has 0 unspecified atom stereocenters. The minimum atomic E-state index is -0.347. The maximum absolute atomic E-state index is 13.1. The van der Waals surface area contributed by atoms with Gasteiger partial charge in [-0.25, -0.2) is 9.37 Å². The van der Waals surface area contributed by atoms with E-state index < -0.39 is 0 Å². The molecule has 1 aromatic heterocycles. The predicted octanol–water partition coefficient (Wildman–Crippen LogP) is 2.13. The van der Waals surface area contributed by atoms with Crippen molar-refractivity contribution in [3.8, 4) is 5.88 Å². The number of aromatic nitrogens is 1. The summed E-state index contributed by atoms with van der Waals surface area (Å²) in [6.07, 6.45) is 1.96. The van der Waals surface area contributed by atoms with Gasteiger partial charge in [0, 0.05) is 38.3 Å². The smallest absolute Gasteiger partial charge is 0.218 e. The van der Waals surface area contributed by atoms with E-state index in [1.54, 1.807) is 7.11 Å². The van der Waals surface area contributed by atoms with E-state index in [4.69, 9.17) is 9.47 Å². The number of methoxy groups -OCH3 is 1. The van der Waals surface area contributed by atoms with E-state index >= 15 is 0 Å². The lowest BCUT2D eigenvalue weighted by molar-refractivity contribution is 0.170. The molecule has 0 amide bonds. The first-order valence-electron chi connectivity index (χ1n) is 6.13. The van der Waals surface area contributed by atoms with Crippen LogP contribution in [0.2, 0.25) is 0 Å². The van der Waals surface area contributed by atoms with E-state index in [2.05, 4.69) is 10.3 Å². The summed E-state index contributed by atoms with van der Waals surface area (Å²) in [5, 5.41) is 3.22. The SMILES string of the molecule is COCCCOc1ncc(F)cc1CNC(C)C. The molecule has 1 aromatic rings. The Hall–Kier alpha value is -1.20. The zero-order valence-corrected chi connectivity index (χ0v) is 11.2. The maximum atomic E-state index is 13.1. The van der Waals surface area contributed by atoms with Gasteiger partial charge in [0.05, 0.1) is 12.8 Å². The van der Waals surface area contributed by atoms with Gasteiger partial charge in [-0.05, 0) is 6.07 Å². The summed E-state index contributed by atoms with van der Waals surface area (Å²) in [5.41, 5.74) is 0.737. The van der Waals surface area contributed by atoms with Crippen molar-refractivity contribution in [1.82, 2.24) is 10.3 Å². The second kappa shape index (κ2) is 8.00. The van der Waals surface area contributed by atoms with Crippen LogP contribution in [0, 0.1) is 5.82 Å². The highest BCUT2D eigenvalue weighted by atomic mass is 19.1. The van der Waals surface area contributed by atoms with Gasteiger partial charge < -0.3 is 14.8 Å². The number of hydrogen-bond donors (Lipinski definition) is 1. The van der Waals surface area contributed by atoms with E-state index in [-0.39, 0.29) is 5.82 Å². The van der Waals surface area contributed by atoms with E-state index in [0.29, 0.717) is 31.7 Å². The van der Waals surface area contributed by atoms with Crippen molar-refractivity contribution in [3.05, 3.63) is 23.6 Å². The van der Waals surface area contributed by atoms with Crippen LogP contribution in [0.3, 0.4) is 0 Å². The predicted molar refractivity (Wildman–Crippen MR) is 68.2 cm³/mol. The molecule has 0 aliphatic carbocycles. The molecule has 4 nitrogen and oxygen atoms in total. The normalized spacial score (nSPS) is 10.9. The lowest BCUT2D eigenvalue weighted by atomic mass is 10.2. The van der Waals surface area contributed by atoms with Crippen LogP contribution >= 0.6 is 0 Å². The van der Waals surface area contributed by atoms with Crippen LogP contribution in [0.4, 0.5) is 4.39 Å². The Morgan fingerprint density at radius 2 is 2.17 bits per heavy atom. The average molecular weight is 256 g/mol. The van der Waals surface area contributed by atoms with Crippen molar-refractivity contribution < 1.29 is 13.9 Å². The molecule has 1 N–H and O–H groups in total. The van der Waals surface area contributed by atoms with Crippen LogP contribution in [-0.4, -0.2) is 31.3 Å². The number of nitrogens with one attached hydrogen (secondary N) is 1. The van der Waals surface area contributed by atoms with Gasteiger partial charge in [0.1, 0.15) is 5.82 Å². The number of hydrogen-bond acceptors (Lipinski definition) is 4. The van der Waals surface area contributed by atoms with Crippen molar-refractivity contribution in [1.29, 1.82) is 0 Å². The molecule has 0 aliphatic heterocycles. The minimum absolute atomic E-state index is 0.328. The third kappa shape index (κ3) is 5.42. The van der Waals surface area contributed by atoms with Gasteiger partial charge in [0.25, 0.3) is 0 Å². The summed E-state index contributed by atoms with van der Waals surface area (Å²) in [4.78, 5) is 3.98. The second-order valence-electron chi connectivity index (χ2n) is 4.35. The molecule has 0 atom stereocenters. The summed E-state index contributed by atoms with van der Waals surface area (Å²) < 4.78 is 23.6. The van der Waals surface area contributed by atoms with E-state index in [1.807, 2.05) is 13.8 Å². The molecule has 0 aliphatic rings. The second-order valence-corrected chi connectivity index (χ2v) is 4.35. The Morgan fingerprint density at radius 1 is 1.39 bits per heavy atom. The Bertz CT molecular complexity index is 359. The van der Waals surface area contributed by atoms with Crippen molar-refractivity contribution in [3.63, 3.8) is 0 Å². The largest absolute Gasteiger partial charge is 0.477 e. The number of nitrogens with zero attached hydrogens (tertiary/aromatic N) is 1. The monoisotopic (exact) mass is 256 g/mol. The molecule has 0 spiro atoms. The topological polar surface area (TPSA) is 43.4 Å². The van der Waals surface area contributed by atoms with Crippen LogP contribution in [-0.2, 0) is 11.3 Å². The molecule has 0 radical (unpaired) electrons. The lowest BCUT2D eigenvalue weighted by Crippen LogP contribution is -2.22. The molecule has 0 aromatic carbocycles. The van der Waals surface area contributed by atoms with Gasteiger partial charge in [0.15, 0.2) is 0 Å². The van der Waals surface area contributed by atoms with Crippen molar-refractivity contribution in [2.45, 2.75) is 32.9 Å². The third-order valence-electron chi connectivity index (χ3n) is 2.32. The van der Waals surface area contributed by atoms with Gasteiger partial charge >= 0.3 is 0 Å². The number of ether oxygens (including phenoxy) is 2. The van der Waals surface area contributed by atoms with Gasteiger partial charge in [-0.3, -0.25) is 0 Å². The first-order valence-corrected chi connectivity index (χ1v) is 6.13. The minimum Gasteiger partial charge on any atom is -0.477 e. The highest BCUT2D eigenvalue weighted by Crippen LogP contribution is 2.16. The maximum Gasteiger partial charge on any atom is 0.218 e. The molecular formula is C13H21FN2O2. The van der Waals surface area contributed by atoms with Gasteiger partial charge in [0.2, 0.25) is 5.88 Å². The summed E-state index contributed by atoms with van der Waals surface area (Å²) in [5.74, 6) is 0.139. The Morgan fingerprint density at radius 3 is 2.83 bits per heavy atom. The van der Waals surface area contributed by atoms with Gasteiger partial charge in [-0.1, -0.05) is 13.8 Å². The van der Waals surface area contributed by atoms with Crippen LogP contribution < -0.4 is 10.1 Å². The average Bonchev–Trinajstić information content (AvgIpc) is 2.34. The Labute approximate surface area is 108 Å². The first-order chi connectivity index (χ1) is 8.63. The molecule has 102 valence electrons. The Balaban J connectivity index is 2.58. The fraction of sp³-hybridized carbons (Fsp3) is 0.615. The molecule has 0 saturated carbocycles. The molecule has 1 rings (SSSR count). The van der Waals surface area contributed by atoms with E-state index in [0.717, 1.165) is 12.0 Å². The molecule has 1 heterocycles. The van der Waals surface area contributed by atoms with Crippen LogP contribution in [0.1, 0.15) is 25.8 Å². The molecule has 0 saturated heterocycles. The highest BCUT2D eigenvalue weighted by Gasteiger charge is 2.07. The van der Waals surface area contributed by atoms with Crippen LogP contribution in [0.25, 0.3) is 0 Å². The first kappa shape index (κ1) is 14.9. The highest BCUT2D eigenvalue weighted by molar-refractivity contribution is 5.26. The van der Waals surface area contributed by atoms with Gasteiger partial charge in [-0.15, -0.1) is 0 Å². The van der Waals surface area contributed by atoms with Crippen molar-refractivity contribution >= 4 is 0 Å². The molecule has 18 heavy (non-hydrogen) atoms. The third-order valence-corrected chi connectivity index (χ3v) is 2.32. The quantitative estimate of drug-likeness (QED) is 0.724. The molecule has 5 heteroatoms. The fourth-order valence-electron chi connectivity index (χ4n) is 1.41. The van der Waals surface area contributed by atoms with Crippen molar-refractivity contribution in [2.75, 3.05) is 20.3 Å². The van der Waals surface area contributed by atoms with Crippen molar-refractivity contribution in [2.24, 2.45) is 0 Å². The lowest BCUT2D eigenvalue weighted by Gasteiger charge is -2.12. The number of pyridine rings is 1.